The second-order valence-electron chi connectivity index (χ2n) is 3.93. The summed E-state index contributed by atoms with van der Waals surface area (Å²) in [6.45, 7) is 7.00. The lowest BCUT2D eigenvalue weighted by molar-refractivity contribution is -0.678. The summed E-state index contributed by atoms with van der Waals surface area (Å²) in [6, 6.07) is 0.386. The van der Waals surface area contributed by atoms with Crippen molar-refractivity contribution >= 4 is 11.8 Å². The lowest BCUT2D eigenvalue weighted by atomic mass is 10.2. The Labute approximate surface area is 106 Å². The second kappa shape index (κ2) is 6.27. The molecule has 0 radical (unpaired) electrons. The van der Waals surface area contributed by atoms with Gasteiger partial charge in [0.2, 0.25) is 0 Å². The third-order valence-electron chi connectivity index (χ3n) is 2.35. The van der Waals surface area contributed by atoms with Crippen molar-refractivity contribution in [3.8, 4) is 0 Å². The summed E-state index contributed by atoms with van der Waals surface area (Å²) in [5, 5.41) is 11.0. The lowest BCUT2D eigenvalue weighted by Gasteiger charge is -1.98. The largest absolute Gasteiger partial charge is 1.00 e. The van der Waals surface area contributed by atoms with E-state index in [0.29, 0.717) is 11.3 Å². The summed E-state index contributed by atoms with van der Waals surface area (Å²) in [6.07, 6.45) is 2.38. The van der Waals surface area contributed by atoms with Gasteiger partial charge in [-0.2, -0.15) is 0 Å². The first-order valence-electron chi connectivity index (χ1n) is 5.19. The fourth-order valence-corrected chi connectivity index (χ4v) is 2.23. The molecule has 1 aliphatic rings. The van der Waals surface area contributed by atoms with Gasteiger partial charge in [-0.1, -0.05) is 23.9 Å². The minimum Gasteiger partial charge on any atom is -1.00 e. The highest BCUT2D eigenvalue weighted by molar-refractivity contribution is 7.99. The van der Waals surface area contributed by atoms with E-state index in [0.717, 1.165) is 23.6 Å². The molecule has 1 aliphatic heterocycles. The number of nitrogens with zero attached hydrogens (tertiary/aromatic N) is 2. The molecule has 4 nitrogen and oxygen atoms in total. The number of hydrogen-bond donors (Lipinski definition) is 1. The molecule has 2 N–H and O–H groups in total. The van der Waals surface area contributed by atoms with Crippen LogP contribution in [0.2, 0.25) is 0 Å². The van der Waals surface area contributed by atoms with Crippen molar-refractivity contribution in [2.75, 3.05) is 12.3 Å². The van der Waals surface area contributed by atoms with Crippen LogP contribution < -0.4 is 17.7 Å². The van der Waals surface area contributed by atoms with Gasteiger partial charge < -0.3 is 22.1 Å². The highest BCUT2D eigenvalue weighted by Gasteiger charge is 2.25. The van der Waals surface area contributed by atoms with E-state index in [4.69, 9.17) is 4.42 Å². The maximum absolute atomic E-state index is 5.59. The van der Waals surface area contributed by atoms with E-state index in [9.17, 15) is 0 Å². The van der Waals surface area contributed by atoms with E-state index in [1.165, 1.54) is 13.0 Å². The van der Waals surface area contributed by atoms with Crippen LogP contribution in [0, 0.1) is 0 Å². The predicted molar refractivity (Wildman–Crippen MR) is 58.6 cm³/mol. The van der Waals surface area contributed by atoms with Crippen LogP contribution in [0.3, 0.4) is 0 Å². The topological polar surface area (TPSA) is 55.5 Å². The van der Waals surface area contributed by atoms with Crippen LogP contribution in [-0.4, -0.2) is 22.5 Å². The molecule has 0 aliphatic carbocycles. The Morgan fingerprint density at radius 2 is 2.44 bits per heavy atom. The molecule has 0 unspecified atom stereocenters. The van der Waals surface area contributed by atoms with Crippen molar-refractivity contribution < 1.29 is 22.1 Å². The summed E-state index contributed by atoms with van der Waals surface area (Å²) in [7, 11) is 0. The number of aromatic nitrogens is 2. The Morgan fingerprint density at radius 3 is 3.06 bits per heavy atom. The molecule has 2 heterocycles. The van der Waals surface area contributed by atoms with Gasteiger partial charge in [0.15, 0.2) is 6.04 Å². The molecule has 0 saturated carbocycles. The average molecular weight is 262 g/mol. The van der Waals surface area contributed by atoms with Gasteiger partial charge in [0, 0.05) is 18.6 Å². The van der Waals surface area contributed by atoms with Gasteiger partial charge in [-0.25, -0.2) is 0 Å². The number of quaternary nitrogens is 1. The second-order valence-corrected chi connectivity index (χ2v) is 4.85. The minimum absolute atomic E-state index is 0. The van der Waals surface area contributed by atoms with Crippen LogP contribution in [0.4, 0.5) is 0 Å². The Kier molecular flexibility index (Phi) is 5.31. The highest BCUT2D eigenvalue weighted by atomic mass is 35.5. The quantitative estimate of drug-likeness (QED) is 0.510. The molecular formula is C10H16ClN3OS. The third-order valence-corrected chi connectivity index (χ3v) is 3.40. The molecule has 16 heavy (non-hydrogen) atoms. The first kappa shape index (κ1) is 13.5. The Bertz CT molecular complexity index is 350. The number of thioether (sulfide) groups is 1. The van der Waals surface area contributed by atoms with Crippen molar-refractivity contribution in [3.63, 3.8) is 0 Å². The minimum atomic E-state index is 0. The number of halogens is 1. The third kappa shape index (κ3) is 3.50. The first-order valence-corrected chi connectivity index (χ1v) is 6.18. The fraction of sp³-hybridized carbons (Fsp3) is 0.600. The van der Waals surface area contributed by atoms with Gasteiger partial charge in [0.25, 0.3) is 11.1 Å². The Morgan fingerprint density at radius 1 is 1.62 bits per heavy atom. The molecule has 1 fully saturated rings. The summed E-state index contributed by atoms with van der Waals surface area (Å²) < 4.78 is 5.59. The Balaban J connectivity index is 0.00000128. The van der Waals surface area contributed by atoms with Gasteiger partial charge >= 0.3 is 0 Å². The van der Waals surface area contributed by atoms with Gasteiger partial charge in [-0.05, 0) is 6.92 Å². The molecule has 0 spiro atoms. The van der Waals surface area contributed by atoms with E-state index in [1.807, 2.05) is 6.92 Å². The van der Waals surface area contributed by atoms with Gasteiger partial charge in [0.05, 0.1) is 6.54 Å². The molecule has 0 amide bonds. The maximum atomic E-state index is 5.59. The molecular weight excluding hydrogens is 246 g/mol. The standard InChI is InChI=1S/C10H15N3OS.ClH/c1-7(2)6-15-10-13-12-9(14-10)8-4-3-5-11-8;/h8,11H,1,3-6H2,2H3;1H/t8-;/m0./s1. The van der Waals surface area contributed by atoms with Crippen molar-refractivity contribution in [2.45, 2.75) is 31.0 Å². The zero-order valence-corrected chi connectivity index (χ0v) is 10.9. The van der Waals surface area contributed by atoms with Crippen LogP contribution in [0.25, 0.3) is 0 Å². The smallest absolute Gasteiger partial charge is 0.277 e. The average Bonchev–Trinajstić information content (AvgIpc) is 2.85. The molecule has 1 atom stereocenters. The number of nitrogens with two attached hydrogens (primary N) is 1. The highest BCUT2D eigenvalue weighted by Crippen LogP contribution is 2.22. The van der Waals surface area contributed by atoms with Gasteiger partial charge in [0.1, 0.15) is 0 Å². The summed E-state index contributed by atoms with van der Waals surface area (Å²) in [5.41, 5.74) is 1.12. The van der Waals surface area contributed by atoms with Crippen LogP contribution >= 0.6 is 11.8 Å². The van der Waals surface area contributed by atoms with Crippen molar-refractivity contribution in [1.82, 2.24) is 10.2 Å². The first-order chi connectivity index (χ1) is 7.25. The number of rotatable bonds is 4. The molecule has 0 bridgehead atoms. The summed E-state index contributed by atoms with van der Waals surface area (Å²) in [5.74, 6) is 1.62. The van der Waals surface area contributed by atoms with Gasteiger partial charge in [-0.15, -0.1) is 10.2 Å². The van der Waals surface area contributed by atoms with Crippen LogP contribution in [0.1, 0.15) is 31.7 Å². The normalized spacial score (nSPS) is 19.4. The monoisotopic (exact) mass is 261 g/mol. The van der Waals surface area contributed by atoms with E-state index in [2.05, 4.69) is 22.1 Å². The van der Waals surface area contributed by atoms with E-state index in [1.54, 1.807) is 11.8 Å². The zero-order valence-electron chi connectivity index (χ0n) is 9.28. The van der Waals surface area contributed by atoms with Crippen LogP contribution in [0.15, 0.2) is 21.8 Å². The molecule has 1 saturated heterocycles. The summed E-state index contributed by atoms with van der Waals surface area (Å²) >= 11 is 1.55. The van der Waals surface area contributed by atoms with Gasteiger partial charge in [-0.3, -0.25) is 0 Å². The van der Waals surface area contributed by atoms with Crippen molar-refractivity contribution in [3.05, 3.63) is 18.0 Å². The summed E-state index contributed by atoms with van der Waals surface area (Å²) in [4.78, 5) is 0. The molecule has 1 aromatic rings. The molecule has 2 rings (SSSR count). The van der Waals surface area contributed by atoms with E-state index in [-0.39, 0.29) is 12.4 Å². The zero-order chi connectivity index (χ0) is 10.7. The number of hydrogen-bond acceptors (Lipinski definition) is 4. The van der Waals surface area contributed by atoms with Crippen molar-refractivity contribution in [1.29, 1.82) is 0 Å². The van der Waals surface area contributed by atoms with Crippen molar-refractivity contribution in [2.24, 2.45) is 0 Å². The van der Waals surface area contributed by atoms with E-state index >= 15 is 0 Å². The van der Waals surface area contributed by atoms with E-state index < -0.39 is 0 Å². The molecule has 0 aromatic carbocycles. The molecule has 6 heteroatoms. The fourth-order valence-electron chi connectivity index (χ4n) is 1.61. The SMILES string of the molecule is C=C(C)CSc1nnc([C@@H]2CCC[NH2+]2)o1.[Cl-]. The molecule has 90 valence electrons. The predicted octanol–water partition coefficient (Wildman–Crippen LogP) is -1.86. The maximum Gasteiger partial charge on any atom is 0.277 e. The lowest BCUT2D eigenvalue weighted by Crippen LogP contribution is -3.00. The van der Waals surface area contributed by atoms with Crippen LogP contribution in [-0.2, 0) is 0 Å². The van der Waals surface area contributed by atoms with Crippen LogP contribution in [0.5, 0.6) is 0 Å². The molecule has 1 aromatic heterocycles. The Hall–Kier alpha value is -0.520.